The van der Waals surface area contributed by atoms with Gasteiger partial charge in [-0.25, -0.2) is 23.3 Å². The summed E-state index contributed by atoms with van der Waals surface area (Å²) in [5, 5.41) is 8.20. The summed E-state index contributed by atoms with van der Waals surface area (Å²) in [5.74, 6) is 0.678. The number of phosphoric ester groups is 1. The molecule has 0 aliphatic heterocycles. The van der Waals surface area contributed by atoms with Crippen LogP contribution in [0.1, 0.15) is 16.8 Å². The predicted molar refractivity (Wildman–Crippen MR) is 108 cm³/mol. The second-order valence-electron chi connectivity index (χ2n) is 6.79. The van der Waals surface area contributed by atoms with Crippen molar-refractivity contribution in [1.29, 1.82) is 0 Å². The quantitative estimate of drug-likeness (QED) is 0.272. The first kappa shape index (κ1) is 20.9. The highest BCUT2D eigenvalue weighted by atomic mass is 31.2. The van der Waals surface area contributed by atoms with Crippen LogP contribution in [0.2, 0.25) is 0 Å². The smallest absolute Gasteiger partial charge is 0.356 e. The van der Waals surface area contributed by atoms with E-state index in [9.17, 15) is 4.57 Å². The van der Waals surface area contributed by atoms with Gasteiger partial charge in [-0.05, 0) is 23.3 Å². The van der Waals surface area contributed by atoms with Crippen LogP contribution in [0.15, 0.2) is 65.8 Å². The van der Waals surface area contributed by atoms with Crippen molar-refractivity contribution in [3.63, 3.8) is 0 Å². The van der Waals surface area contributed by atoms with E-state index >= 15 is 0 Å². The topological polar surface area (TPSA) is 153 Å². The van der Waals surface area contributed by atoms with Crippen LogP contribution in [-0.4, -0.2) is 29.7 Å². The molecule has 4 rings (SSSR count). The van der Waals surface area contributed by atoms with E-state index in [1.54, 1.807) is 35.4 Å². The van der Waals surface area contributed by atoms with Crippen LogP contribution in [0.3, 0.4) is 0 Å². The standard InChI is InChI=1S/C19H19N6O5P/c20-19-17(2-1-7-24(19)13-29-31(26,27)28)18-9-16(23-30-18)8-14-3-5-15(6-4-14)10-25-12-21-11-22-25/h1-7,9,11-12,20H,8,10,13H2,(H2,26,27,28)/p+1. The number of aromatic nitrogens is 5. The van der Waals surface area contributed by atoms with E-state index in [0.29, 0.717) is 24.3 Å². The fourth-order valence-electron chi connectivity index (χ4n) is 3.02. The maximum atomic E-state index is 10.9. The number of rotatable bonds is 8. The van der Waals surface area contributed by atoms with Crippen molar-refractivity contribution in [2.24, 2.45) is 0 Å². The van der Waals surface area contributed by atoms with Crippen molar-refractivity contribution in [2.75, 3.05) is 5.73 Å². The van der Waals surface area contributed by atoms with Crippen LogP contribution in [-0.2, 0) is 28.8 Å². The summed E-state index contributed by atoms with van der Waals surface area (Å²) < 4.78 is 24.0. The SMILES string of the molecule is Nc1c(-c2cc(Cc3ccc(Cn4cncn4)cc3)no2)ccc[n+]1COP(=O)(O)O. The predicted octanol–water partition coefficient (Wildman–Crippen LogP) is 1.51. The highest BCUT2D eigenvalue weighted by molar-refractivity contribution is 7.46. The highest BCUT2D eigenvalue weighted by Gasteiger charge is 2.20. The molecule has 3 heterocycles. The zero-order valence-electron chi connectivity index (χ0n) is 16.3. The molecule has 0 radical (unpaired) electrons. The molecule has 1 aromatic carbocycles. The number of hydrogen-bond acceptors (Lipinski definition) is 7. The lowest BCUT2D eigenvalue weighted by Crippen LogP contribution is -2.38. The molecule has 3 aromatic heterocycles. The Hall–Kier alpha value is -3.37. The molecule has 0 unspecified atom stereocenters. The van der Waals surface area contributed by atoms with E-state index in [1.165, 1.54) is 10.9 Å². The van der Waals surface area contributed by atoms with Gasteiger partial charge in [-0.3, -0.25) is 5.73 Å². The Morgan fingerprint density at radius 1 is 1.19 bits per heavy atom. The third-order valence-corrected chi connectivity index (χ3v) is 4.97. The fourth-order valence-corrected chi connectivity index (χ4v) is 3.29. The number of benzene rings is 1. The summed E-state index contributed by atoms with van der Waals surface area (Å²) >= 11 is 0. The zero-order valence-corrected chi connectivity index (χ0v) is 17.2. The lowest BCUT2D eigenvalue weighted by molar-refractivity contribution is -0.711. The molecule has 0 bridgehead atoms. The molecule has 0 fully saturated rings. The summed E-state index contributed by atoms with van der Waals surface area (Å²) in [6.45, 7) is 0.249. The minimum atomic E-state index is -4.61. The Kier molecular flexibility index (Phi) is 5.92. The summed E-state index contributed by atoms with van der Waals surface area (Å²) in [7, 11) is -4.61. The highest BCUT2D eigenvalue weighted by Crippen LogP contribution is 2.35. The molecule has 0 aliphatic carbocycles. The van der Waals surface area contributed by atoms with Crippen LogP contribution in [0.4, 0.5) is 5.82 Å². The van der Waals surface area contributed by atoms with E-state index in [4.69, 9.17) is 20.0 Å². The van der Waals surface area contributed by atoms with Gasteiger partial charge >= 0.3 is 7.82 Å². The monoisotopic (exact) mass is 443 g/mol. The van der Waals surface area contributed by atoms with Gasteiger partial charge < -0.3 is 14.3 Å². The molecule has 4 aromatic rings. The molecule has 0 aliphatic rings. The molecule has 0 spiro atoms. The molecule has 12 heteroatoms. The minimum Gasteiger partial charge on any atom is -0.356 e. The number of hydrogen-bond donors (Lipinski definition) is 3. The second-order valence-corrected chi connectivity index (χ2v) is 8.03. The molecule has 0 saturated carbocycles. The van der Waals surface area contributed by atoms with Gasteiger partial charge in [-0.2, -0.15) is 5.10 Å². The number of pyridine rings is 1. The van der Waals surface area contributed by atoms with Crippen LogP contribution in [0, 0.1) is 0 Å². The molecule has 31 heavy (non-hydrogen) atoms. The fraction of sp³-hybridized carbons (Fsp3) is 0.158. The molecular formula is C19H20N6O5P+. The number of nitrogens with zero attached hydrogens (tertiary/aromatic N) is 5. The number of anilines is 1. The maximum Gasteiger partial charge on any atom is 0.472 e. The number of nitrogen functional groups attached to an aromatic ring is 1. The summed E-state index contributed by atoms with van der Waals surface area (Å²) in [5.41, 5.74) is 9.54. The molecule has 0 amide bonds. The van der Waals surface area contributed by atoms with Gasteiger partial charge in [0.15, 0.2) is 5.76 Å². The van der Waals surface area contributed by atoms with E-state index in [0.717, 1.165) is 16.8 Å². The van der Waals surface area contributed by atoms with E-state index in [1.807, 2.05) is 24.3 Å². The van der Waals surface area contributed by atoms with Crippen molar-refractivity contribution in [3.8, 4) is 11.3 Å². The van der Waals surface area contributed by atoms with Crippen molar-refractivity contribution in [2.45, 2.75) is 19.7 Å². The normalized spacial score (nSPS) is 11.7. The molecule has 0 atom stereocenters. The third-order valence-electron chi connectivity index (χ3n) is 4.52. The van der Waals surface area contributed by atoms with Gasteiger partial charge in [0.2, 0.25) is 6.73 Å². The van der Waals surface area contributed by atoms with Crippen LogP contribution in [0.5, 0.6) is 0 Å². The van der Waals surface area contributed by atoms with Crippen molar-refractivity contribution >= 4 is 13.6 Å². The van der Waals surface area contributed by atoms with Gasteiger partial charge in [0.1, 0.15) is 18.2 Å². The Bertz CT molecular complexity index is 1200. The Balaban J connectivity index is 1.45. The molecular weight excluding hydrogens is 423 g/mol. The molecule has 11 nitrogen and oxygen atoms in total. The number of phosphoric acid groups is 1. The lowest BCUT2D eigenvalue weighted by Gasteiger charge is -2.07. The van der Waals surface area contributed by atoms with Crippen LogP contribution in [0.25, 0.3) is 11.3 Å². The first-order valence-corrected chi connectivity index (χ1v) is 10.7. The second kappa shape index (κ2) is 8.78. The third kappa shape index (κ3) is 5.41. The van der Waals surface area contributed by atoms with Gasteiger partial charge in [0.25, 0.3) is 5.82 Å². The van der Waals surface area contributed by atoms with Crippen molar-refractivity contribution in [1.82, 2.24) is 19.9 Å². The summed E-state index contributed by atoms with van der Waals surface area (Å²) in [6, 6.07) is 13.3. The molecule has 0 saturated heterocycles. The summed E-state index contributed by atoms with van der Waals surface area (Å²) in [6.07, 6.45) is 5.29. The molecule has 160 valence electrons. The minimum absolute atomic E-state index is 0.233. The first-order valence-electron chi connectivity index (χ1n) is 9.21. The lowest BCUT2D eigenvalue weighted by atomic mass is 10.1. The summed E-state index contributed by atoms with van der Waals surface area (Å²) in [4.78, 5) is 21.7. The van der Waals surface area contributed by atoms with Crippen molar-refractivity contribution in [3.05, 3.63) is 78.1 Å². The van der Waals surface area contributed by atoms with Gasteiger partial charge in [-0.15, -0.1) is 0 Å². The average Bonchev–Trinajstić information content (AvgIpc) is 3.40. The van der Waals surface area contributed by atoms with E-state index in [-0.39, 0.29) is 5.82 Å². The van der Waals surface area contributed by atoms with Crippen molar-refractivity contribution < 1.29 is 28.0 Å². The zero-order chi connectivity index (χ0) is 21.8. The average molecular weight is 443 g/mol. The van der Waals surface area contributed by atoms with Gasteiger partial charge in [0, 0.05) is 12.5 Å². The van der Waals surface area contributed by atoms with Gasteiger partial charge in [0.05, 0.1) is 18.4 Å². The largest absolute Gasteiger partial charge is 0.472 e. The van der Waals surface area contributed by atoms with E-state index < -0.39 is 14.6 Å². The Labute approximate surface area is 177 Å². The van der Waals surface area contributed by atoms with E-state index in [2.05, 4.69) is 19.8 Å². The molecule has 4 N–H and O–H groups in total. The van der Waals surface area contributed by atoms with Crippen LogP contribution >= 0.6 is 7.82 Å². The first-order chi connectivity index (χ1) is 14.9. The number of nitrogens with two attached hydrogens (primary N) is 1. The Morgan fingerprint density at radius 2 is 1.97 bits per heavy atom. The Morgan fingerprint density at radius 3 is 2.68 bits per heavy atom. The van der Waals surface area contributed by atoms with Gasteiger partial charge in [-0.1, -0.05) is 29.4 Å². The maximum absolute atomic E-state index is 10.9. The van der Waals surface area contributed by atoms with Crippen LogP contribution < -0.4 is 10.3 Å².